The van der Waals surface area contributed by atoms with Gasteiger partial charge in [-0.1, -0.05) is 24.1 Å². The maximum Gasteiger partial charge on any atom is 0.298 e. The van der Waals surface area contributed by atoms with Crippen molar-refractivity contribution >= 4 is 5.91 Å². The number of amides is 1. The Morgan fingerprint density at radius 2 is 2.12 bits per heavy atom. The van der Waals surface area contributed by atoms with Gasteiger partial charge < -0.3 is 24.7 Å². The molecule has 2 bridgehead atoms. The number of nitrogens with zero attached hydrogens (tertiary/aromatic N) is 2. The predicted octanol–water partition coefficient (Wildman–Crippen LogP) is 2.36. The van der Waals surface area contributed by atoms with Crippen molar-refractivity contribution in [3.8, 4) is 23.3 Å². The van der Waals surface area contributed by atoms with Crippen LogP contribution in [0.4, 0.5) is 0 Å². The van der Waals surface area contributed by atoms with E-state index in [2.05, 4.69) is 23.8 Å². The second kappa shape index (κ2) is 7.24. The summed E-state index contributed by atoms with van der Waals surface area (Å²) in [5.74, 6) is 6.17. The number of aliphatic hydroxyl groups is 1. The quantitative estimate of drug-likeness (QED) is 0.642. The summed E-state index contributed by atoms with van der Waals surface area (Å²) in [5.41, 5.74) is 2.45. The van der Waals surface area contributed by atoms with Gasteiger partial charge in [-0.05, 0) is 69.1 Å². The Morgan fingerprint density at radius 3 is 2.91 bits per heavy atom. The Bertz CT molecular complexity index is 1260. The van der Waals surface area contributed by atoms with Gasteiger partial charge in [0.15, 0.2) is 11.5 Å². The molecule has 2 N–H and O–H groups in total. The molecule has 0 radical (unpaired) electrons. The van der Waals surface area contributed by atoms with Crippen LogP contribution in [0.15, 0.2) is 36.4 Å². The van der Waals surface area contributed by atoms with Gasteiger partial charge >= 0.3 is 0 Å². The number of benzene rings is 2. The molecule has 2 aromatic rings. The zero-order valence-electron chi connectivity index (χ0n) is 19.8. The van der Waals surface area contributed by atoms with Crippen molar-refractivity contribution in [2.75, 3.05) is 20.6 Å². The van der Waals surface area contributed by atoms with Crippen LogP contribution in [0.1, 0.15) is 41.5 Å². The Morgan fingerprint density at radius 1 is 1.29 bits per heavy atom. The SMILES string of the molecule is Cc1cccc(C#CC(=O)N(C)[C@@H]2C[C@@H]3Oc4c(O)ccc5c4[C@@]34CCN(C)[C@H](C5)[C@]4(O)C2)c1. The molecule has 1 saturated carbocycles. The topological polar surface area (TPSA) is 73.2 Å². The number of aryl methyl sites for hydroxylation is 1. The van der Waals surface area contributed by atoms with Crippen molar-refractivity contribution in [1.29, 1.82) is 0 Å². The first-order valence-corrected chi connectivity index (χ1v) is 12.0. The van der Waals surface area contributed by atoms with Gasteiger partial charge in [-0.2, -0.15) is 0 Å². The van der Waals surface area contributed by atoms with Crippen LogP contribution in [0.5, 0.6) is 11.5 Å². The first-order valence-electron chi connectivity index (χ1n) is 12.0. The number of carbonyl (C=O) groups excluding carboxylic acids is 1. The highest BCUT2D eigenvalue weighted by atomic mass is 16.5. The molecule has 4 aliphatic rings. The number of carbonyl (C=O) groups is 1. The van der Waals surface area contributed by atoms with E-state index in [0.29, 0.717) is 25.0 Å². The average Bonchev–Trinajstić information content (AvgIpc) is 3.15. The number of likely N-dealkylation sites (tertiary alicyclic amines) is 1. The molecular weight excluding hydrogens is 428 g/mol. The standard InChI is InChI=1S/C28H30N2O4/c1-17-5-4-6-18(13-17)7-10-24(32)30(3)20-15-23-27-11-12-29(2)22(28(27,33)16-20)14-19-8-9-21(31)26(34-23)25(19)27/h4-6,8-9,13,20,22-23,31,33H,11-12,14-16H2,1-3H3/t20-,22-,23+,27-,28-/m1/s1. The maximum absolute atomic E-state index is 13.1. The zero-order valence-corrected chi connectivity index (χ0v) is 19.8. The van der Waals surface area contributed by atoms with Crippen LogP contribution in [0.3, 0.4) is 0 Å². The molecule has 34 heavy (non-hydrogen) atoms. The molecule has 1 amide bonds. The van der Waals surface area contributed by atoms with Crippen molar-refractivity contribution in [1.82, 2.24) is 9.80 Å². The highest BCUT2D eigenvalue weighted by Gasteiger charge is 2.72. The van der Waals surface area contributed by atoms with E-state index in [1.54, 1.807) is 18.0 Å². The Labute approximate surface area is 200 Å². The molecule has 2 aliphatic carbocycles. The fourth-order valence-electron chi connectivity index (χ4n) is 7.15. The van der Waals surface area contributed by atoms with E-state index in [0.717, 1.165) is 35.2 Å². The molecule has 5 atom stereocenters. The van der Waals surface area contributed by atoms with Gasteiger partial charge in [-0.25, -0.2) is 0 Å². The van der Waals surface area contributed by atoms with Crippen LogP contribution in [0.2, 0.25) is 0 Å². The summed E-state index contributed by atoms with van der Waals surface area (Å²) in [6.45, 7) is 2.86. The molecule has 6 rings (SSSR count). The lowest BCUT2D eigenvalue weighted by Gasteiger charge is -2.64. The summed E-state index contributed by atoms with van der Waals surface area (Å²) in [5, 5.41) is 23.0. The molecule has 2 fully saturated rings. The number of phenols is 1. The minimum absolute atomic E-state index is 0.0694. The van der Waals surface area contributed by atoms with Crippen molar-refractivity contribution in [2.45, 2.75) is 61.8 Å². The average molecular weight is 459 g/mol. The predicted molar refractivity (Wildman–Crippen MR) is 128 cm³/mol. The van der Waals surface area contributed by atoms with E-state index in [9.17, 15) is 15.0 Å². The number of piperidine rings is 1. The maximum atomic E-state index is 13.1. The molecular formula is C28H30N2O4. The normalized spacial score (nSPS) is 32.8. The second-order valence-corrected chi connectivity index (χ2v) is 10.5. The molecule has 0 unspecified atom stereocenters. The van der Waals surface area contributed by atoms with E-state index in [1.165, 1.54) is 0 Å². The summed E-state index contributed by atoms with van der Waals surface area (Å²) in [6.07, 6.45) is 2.23. The minimum Gasteiger partial charge on any atom is -0.504 e. The summed E-state index contributed by atoms with van der Waals surface area (Å²) in [4.78, 5) is 17.0. The van der Waals surface area contributed by atoms with Gasteiger partial charge in [0.05, 0.1) is 11.0 Å². The molecule has 176 valence electrons. The number of ether oxygens (including phenoxy) is 1. The van der Waals surface area contributed by atoms with Crippen molar-refractivity contribution in [2.24, 2.45) is 0 Å². The third-order valence-corrected chi connectivity index (χ3v) is 8.84. The molecule has 1 saturated heterocycles. The first-order chi connectivity index (χ1) is 16.2. The van der Waals surface area contributed by atoms with Crippen LogP contribution in [-0.2, 0) is 16.6 Å². The molecule has 6 nitrogen and oxygen atoms in total. The minimum atomic E-state index is -1.06. The van der Waals surface area contributed by atoms with Crippen molar-refractivity contribution in [3.05, 3.63) is 58.7 Å². The summed E-state index contributed by atoms with van der Waals surface area (Å²) < 4.78 is 6.41. The molecule has 1 spiro atoms. The van der Waals surface area contributed by atoms with Crippen molar-refractivity contribution < 1.29 is 19.7 Å². The molecule has 2 heterocycles. The number of likely N-dealkylation sites (N-methyl/N-ethyl adjacent to an activating group) is 1. The molecule has 2 aliphatic heterocycles. The van der Waals surface area contributed by atoms with Crippen LogP contribution >= 0.6 is 0 Å². The summed E-state index contributed by atoms with van der Waals surface area (Å²) in [6, 6.07) is 11.2. The Kier molecular flexibility index (Phi) is 4.58. The van der Waals surface area contributed by atoms with Gasteiger partial charge in [0, 0.05) is 42.6 Å². The fraction of sp³-hybridized carbons (Fsp3) is 0.464. The summed E-state index contributed by atoms with van der Waals surface area (Å²) in [7, 11) is 3.84. The van der Waals surface area contributed by atoms with Gasteiger partial charge in [-0.15, -0.1) is 0 Å². The van der Waals surface area contributed by atoms with E-state index in [-0.39, 0.29) is 29.8 Å². The van der Waals surface area contributed by atoms with E-state index in [4.69, 9.17) is 4.74 Å². The number of aromatic hydroxyl groups is 1. The number of hydrogen-bond acceptors (Lipinski definition) is 5. The van der Waals surface area contributed by atoms with Crippen LogP contribution in [-0.4, -0.2) is 70.3 Å². The molecule has 0 aromatic heterocycles. The van der Waals surface area contributed by atoms with Gasteiger partial charge in [0.2, 0.25) is 0 Å². The Hall–Kier alpha value is -3.01. The molecule has 6 heteroatoms. The number of rotatable bonds is 1. The van der Waals surface area contributed by atoms with E-state index < -0.39 is 11.0 Å². The lowest BCUT2D eigenvalue weighted by Crippen LogP contribution is -2.77. The van der Waals surface area contributed by atoms with Gasteiger partial charge in [0.1, 0.15) is 6.10 Å². The van der Waals surface area contributed by atoms with E-state index in [1.807, 2.05) is 37.3 Å². The molecule has 2 aromatic carbocycles. The smallest absolute Gasteiger partial charge is 0.298 e. The monoisotopic (exact) mass is 458 g/mol. The lowest BCUT2D eigenvalue weighted by atomic mass is 9.48. The Balaban J connectivity index is 1.36. The van der Waals surface area contributed by atoms with Gasteiger partial charge in [-0.3, -0.25) is 4.79 Å². The van der Waals surface area contributed by atoms with Crippen LogP contribution in [0, 0.1) is 18.8 Å². The third-order valence-electron chi connectivity index (χ3n) is 8.84. The zero-order chi connectivity index (χ0) is 23.8. The fourth-order valence-corrected chi connectivity index (χ4v) is 7.15. The summed E-state index contributed by atoms with van der Waals surface area (Å²) >= 11 is 0. The number of hydrogen-bond donors (Lipinski definition) is 2. The van der Waals surface area contributed by atoms with Gasteiger partial charge in [0.25, 0.3) is 5.91 Å². The highest BCUT2D eigenvalue weighted by molar-refractivity contribution is 5.94. The third kappa shape index (κ3) is 2.74. The largest absolute Gasteiger partial charge is 0.504 e. The van der Waals surface area contributed by atoms with Crippen molar-refractivity contribution in [3.63, 3.8) is 0 Å². The second-order valence-electron chi connectivity index (χ2n) is 10.5. The highest BCUT2D eigenvalue weighted by Crippen LogP contribution is 2.65. The number of phenolic OH excluding ortho intramolecular Hbond substituents is 1. The van der Waals surface area contributed by atoms with E-state index >= 15 is 0 Å². The lowest BCUT2D eigenvalue weighted by molar-refractivity contribution is -0.194. The van der Waals surface area contributed by atoms with Crippen LogP contribution in [0.25, 0.3) is 0 Å². The first kappa shape index (κ1) is 21.5. The van der Waals surface area contributed by atoms with Crippen LogP contribution < -0.4 is 4.74 Å².